The van der Waals surface area contributed by atoms with Gasteiger partial charge in [-0.3, -0.25) is 4.79 Å². The molecule has 0 aliphatic rings. The first kappa shape index (κ1) is 15.0. The molecule has 0 fully saturated rings. The topological polar surface area (TPSA) is 66.4 Å². The highest BCUT2D eigenvalue weighted by atomic mass is 32.1. The van der Waals surface area contributed by atoms with Crippen LogP contribution in [0.4, 0.5) is 18.2 Å². The lowest BCUT2D eigenvalue weighted by molar-refractivity contribution is -0.137. The highest BCUT2D eigenvalue weighted by Gasteiger charge is 2.31. The molecule has 1 aromatic heterocycles. The van der Waals surface area contributed by atoms with E-state index in [1.165, 1.54) is 17.5 Å². The summed E-state index contributed by atoms with van der Waals surface area (Å²) in [6, 6.07) is 5.20. The van der Waals surface area contributed by atoms with Crippen LogP contribution in [0.5, 0.6) is 0 Å². The molecule has 0 aliphatic heterocycles. The lowest BCUT2D eigenvalue weighted by Crippen LogP contribution is -2.14. The SMILES string of the molecule is O=C(Nc1sccc1C(=O)O)c1cccc(C(F)(F)F)c1. The number of thiophene rings is 1. The fourth-order valence-corrected chi connectivity index (χ4v) is 2.36. The highest BCUT2D eigenvalue weighted by Crippen LogP contribution is 2.30. The van der Waals surface area contributed by atoms with Gasteiger partial charge >= 0.3 is 12.1 Å². The van der Waals surface area contributed by atoms with Gasteiger partial charge in [-0.05, 0) is 29.6 Å². The minimum atomic E-state index is -4.55. The number of hydrogen-bond donors (Lipinski definition) is 2. The number of alkyl halides is 3. The van der Waals surface area contributed by atoms with Crippen molar-refractivity contribution in [3.8, 4) is 0 Å². The number of halogens is 3. The number of nitrogens with one attached hydrogen (secondary N) is 1. The smallest absolute Gasteiger partial charge is 0.416 e. The molecule has 0 radical (unpaired) electrons. The van der Waals surface area contributed by atoms with Gasteiger partial charge in [-0.1, -0.05) is 6.07 Å². The summed E-state index contributed by atoms with van der Waals surface area (Å²) in [6.07, 6.45) is -4.55. The highest BCUT2D eigenvalue weighted by molar-refractivity contribution is 7.14. The van der Waals surface area contributed by atoms with Crippen LogP contribution in [0, 0.1) is 0 Å². The second kappa shape index (κ2) is 5.57. The molecule has 0 saturated carbocycles. The van der Waals surface area contributed by atoms with Crippen LogP contribution in [0.2, 0.25) is 0 Å². The summed E-state index contributed by atoms with van der Waals surface area (Å²) < 4.78 is 37.7. The number of carboxylic acids is 1. The van der Waals surface area contributed by atoms with Crippen LogP contribution in [0.25, 0.3) is 0 Å². The zero-order valence-corrected chi connectivity index (χ0v) is 11.1. The van der Waals surface area contributed by atoms with Crippen LogP contribution >= 0.6 is 11.3 Å². The summed E-state index contributed by atoms with van der Waals surface area (Å²) in [5.74, 6) is -2.03. The zero-order chi connectivity index (χ0) is 15.6. The van der Waals surface area contributed by atoms with Crippen molar-refractivity contribution in [2.75, 3.05) is 5.32 Å². The van der Waals surface area contributed by atoms with E-state index in [0.717, 1.165) is 23.5 Å². The van der Waals surface area contributed by atoms with Gasteiger partial charge in [0.1, 0.15) is 5.00 Å². The molecule has 1 heterocycles. The molecule has 8 heteroatoms. The number of carboxylic acid groups (broad SMARTS) is 1. The Hall–Kier alpha value is -2.35. The standard InChI is InChI=1S/C13H8F3NO3S/c14-13(15,16)8-3-1-2-7(6-8)10(18)17-11-9(12(19)20)4-5-21-11/h1-6H,(H,17,18)(H,19,20). The van der Waals surface area contributed by atoms with Crippen LogP contribution in [-0.4, -0.2) is 17.0 Å². The van der Waals surface area contributed by atoms with Crippen LogP contribution in [0.1, 0.15) is 26.3 Å². The number of amides is 1. The summed E-state index contributed by atoms with van der Waals surface area (Å²) in [7, 11) is 0. The maximum atomic E-state index is 12.6. The van der Waals surface area contributed by atoms with Crippen molar-refractivity contribution in [3.05, 3.63) is 52.4 Å². The Morgan fingerprint density at radius 1 is 1.19 bits per heavy atom. The molecule has 110 valence electrons. The number of rotatable bonds is 3. The summed E-state index contributed by atoms with van der Waals surface area (Å²) >= 11 is 0.976. The van der Waals surface area contributed by atoms with E-state index >= 15 is 0 Å². The van der Waals surface area contributed by atoms with E-state index in [0.29, 0.717) is 6.07 Å². The first-order valence-electron chi connectivity index (χ1n) is 5.58. The normalized spacial score (nSPS) is 11.2. The molecular formula is C13H8F3NO3S. The molecule has 0 aliphatic carbocycles. The maximum absolute atomic E-state index is 12.6. The Labute approximate surface area is 120 Å². The molecule has 1 aromatic carbocycles. The Kier molecular flexibility index (Phi) is 3.99. The third kappa shape index (κ3) is 3.40. The third-order valence-corrected chi connectivity index (χ3v) is 3.40. The molecule has 0 unspecified atom stereocenters. The van der Waals surface area contributed by atoms with Crippen LogP contribution in [0.3, 0.4) is 0 Å². The monoisotopic (exact) mass is 315 g/mol. The molecule has 0 saturated heterocycles. The van der Waals surface area contributed by atoms with E-state index in [1.54, 1.807) is 0 Å². The Morgan fingerprint density at radius 2 is 1.90 bits per heavy atom. The minimum absolute atomic E-state index is 0.0740. The van der Waals surface area contributed by atoms with Crippen LogP contribution in [-0.2, 0) is 6.18 Å². The molecule has 0 spiro atoms. The predicted molar refractivity (Wildman–Crippen MR) is 70.7 cm³/mol. The van der Waals surface area contributed by atoms with E-state index in [4.69, 9.17) is 5.11 Å². The average Bonchev–Trinajstić information content (AvgIpc) is 2.86. The molecule has 1 amide bonds. The number of carbonyl (C=O) groups excluding carboxylic acids is 1. The first-order valence-corrected chi connectivity index (χ1v) is 6.46. The maximum Gasteiger partial charge on any atom is 0.416 e. The van der Waals surface area contributed by atoms with Crippen LogP contribution < -0.4 is 5.32 Å². The van der Waals surface area contributed by atoms with Gasteiger partial charge < -0.3 is 10.4 Å². The lowest BCUT2D eigenvalue weighted by atomic mass is 10.1. The van der Waals surface area contributed by atoms with Gasteiger partial charge in [-0.2, -0.15) is 13.2 Å². The Balaban J connectivity index is 2.25. The number of hydrogen-bond acceptors (Lipinski definition) is 3. The van der Waals surface area contributed by atoms with Crippen molar-refractivity contribution in [1.29, 1.82) is 0 Å². The fourth-order valence-electron chi connectivity index (χ4n) is 1.59. The lowest BCUT2D eigenvalue weighted by Gasteiger charge is -2.09. The summed E-state index contributed by atoms with van der Waals surface area (Å²) in [5, 5.41) is 12.7. The molecule has 21 heavy (non-hydrogen) atoms. The number of benzene rings is 1. The minimum Gasteiger partial charge on any atom is -0.478 e. The van der Waals surface area contributed by atoms with Gasteiger partial charge in [-0.15, -0.1) is 11.3 Å². The van der Waals surface area contributed by atoms with Gasteiger partial charge in [0.25, 0.3) is 5.91 Å². The van der Waals surface area contributed by atoms with E-state index < -0.39 is 23.6 Å². The van der Waals surface area contributed by atoms with E-state index in [2.05, 4.69) is 5.32 Å². The summed E-state index contributed by atoms with van der Waals surface area (Å²) in [4.78, 5) is 22.8. The molecule has 2 N–H and O–H groups in total. The van der Waals surface area contributed by atoms with E-state index in [9.17, 15) is 22.8 Å². The van der Waals surface area contributed by atoms with Gasteiger partial charge in [0.2, 0.25) is 0 Å². The summed E-state index contributed by atoms with van der Waals surface area (Å²) in [6.45, 7) is 0. The van der Waals surface area contributed by atoms with E-state index in [1.807, 2.05) is 0 Å². The molecular weight excluding hydrogens is 307 g/mol. The van der Waals surface area contributed by atoms with Crippen molar-refractivity contribution < 1.29 is 27.9 Å². The third-order valence-electron chi connectivity index (χ3n) is 2.57. The average molecular weight is 315 g/mol. The Bertz CT molecular complexity index is 694. The van der Waals surface area contributed by atoms with Crippen molar-refractivity contribution >= 4 is 28.2 Å². The molecule has 4 nitrogen and oxygen atoms in total. The molecule has 2 rings (SSSR count). The van der Waals surface area contributed by atoms with Crippen molar-refractivity contribution in [3.63, 3.8) is 0 Å². The van der Waals surface area contributed by atoms with Gasteiger partial charge in [0.05, 0.1) is 11.1 Å². The van der Waals surface area contributed by atoms with Crippen molar-refractivity contribution in [2.45, 2.75) is 6.18 Å². The zero-order valence-electron chi connectivity index (χ0n) is 10.3. The number of anilines is 1. The predicted octanol–water partition coefficient (Wildman–Crippen LogP) is 3.72. The van der Waals surface area contributed by atoms with Crippen molar-refractivity contribution in [2.24, 2.45) is 0 Å². The van der Waals surface area contributed by atoms with Crippen LogP contribution in [0.15, 0.2) is 35.7 Å². The van der Waals surface area contributed by atoms with Gasteiger partial charge in [0.15, 0.2) is 0 Å². The number of carbonyl (C=O) groups is 2. The molecule has 2 aromatic rings. The van der Waals surface area contributed by atoms with Gasteiger partial charge in [0, 0.05) is 5.56 Å². The van der Waals surface area contributed by atoms with Gasteiger partial charge in [-0.25, -0.2) is 4.79 Å². The largest absolute Gasteiger partial charge is 0.478 e. The van der Waals surface area contributed by atoms with E-state index in [-0.39, 0.29) is 16.1 Å². The summed E-state index contributed by atoms with van der Waals surface area (Å²) in [5.41, 5.74) is -1.25. The van der Waals surface area contributed by atoms with Crippen molar-refractivity contribution in [1.82, 2.24) is 0 Å². The number of aromatic carboxylic acids is 1. The Morgan fingerprint density at radius 3 is 2.52 bits per heavy atom. The quantitative estimate of drug-likeness (QED) is 0.907. The second-order valence-corrected chi connectivity index (χ2v) is 4.92. The first-order chi connectivity index (χ1) is 9.79. The molecule has 0 atom stereocenters. The second-order valence-electron chi connectivity index (χ2n) is 4.00. The fraction of sp³-hybridized carbons (Fsp3) is 0.0769. The molecule has 0 bridgehead atoms.